The van der Waals surface area contributed by atoms with Gasteiger partial charge in [-0.1, -0.05) is 54.2 Å². The summed E-state index contributed by atoms with van der Waals surface area (Å²) in [6, 6.07) is 16.4. The molecule has 1 aromatic heterocycles. The first kappa shape index (κ1) is 23.3. The van der Waals surface area contributed by atoms with Gasteiger partial charge in [0.1, 0.15) is 5.75 Å². The van der Waals surface area contributed by atoms with Crippen molar-refractivity contribution < 1.29 is 22.4 Å². The number of piperazine rings is 1. The fourth-order valence-electron chi connectivity index (χ4n) is 3.50. The van der Waals surface area contributed by atoms with Gasteiger partial charge in [0.15, 0.2) is 0 Å². The summed E-state index contributed by atoms with van der Waals surface area (Å²) in [5.74, 6) is 0.929. The lowest BCUT2D eigenvalue weighted by Crippen LogP contribution is -2.51. The van der Waals surface area contributed by atoms with E-state index in [0.29, 0.717) is 30.3 Å². The Morgan fingerprint density at radius 1 is 1.03 bits per heavy atom. The summed E-state index contributed by atoms with van der Waals surface area (Å²) in [6.45, 7) is 1.27. The Hall–Kier alpha value is -2.89. The second kappa shape index (κ2) is 10.4. The number of rotatable bonds is 8. The number of ether oxygens (including phenoxy) is 1. The number of thioether (sulfide) groups is 1. The molecule has 0 unspecified atom stereocenters. The highest BCUT2D eigenvalue weighted by atomic mass is 32.2. The first-order chi connectivity index (χ1) is 16.0. The number of amides is 1. The maximum Gasteiger partial charge on any atom is 0.277 e. The van der Waals surface area contributed by atoms with Gasteiger partial charge in [0.2, 0.25) is 15.9 Å². The van der Waals surface area contributed by atoms with E-state index >= 15 is 0 Å². The van der Waals surface area contributed by atoms with E-state index in [4.69, 9.17) is 9.15 Å². The van der Waals surface area contributed by atoms with E-state index in [1.807, 2.05) is 36.4 Å². The van der Waals surface area contributed by atoms with Gasteiger partial charge in [0.25, 0.3) is 11.1 Å². The molecule has 0 aliphatic carbocycles. The van der Waals surface area contributed by atoms with Crippen LogP contribution in [0.1, 0.15) is 5.56 Å². The number of sulfonamides is 1. The zero-order chi connectivity index (χ0) is 23.3. The second-order valence-corrected chi connectivity index (χ2v) is 10.3. The molecule has 3 aromatic rings. The van der Waals surface area contributed by atoms with Crippen molar-refractivity contribution in [2.24, 2.45) is 0 Å². The predicted molar refractivity (Wildman–Crippen MR) is 124 cm³/mol. The highest BCUT2D eigenvalue weighted by Gasteiger charge is 2.29. The fourth-order valence-corrected chi connectivity index (χ4v) is 5.69. The summed E-state index contributed by atoms with van der Waals surface area (Å²) >= 11 is 1.16. The van der Waals surface area contributed by atoms with Crippen LogP contribution < -0.4 is 4.74 Å². The summed E-state index contributed by atoms with van der Waals surface area (Å²) in [6.07, 6.45) is 0. The minimum absolute atomic E-state index is 0.0384. The number of carbonyl (C=O) groups is 1. The molecule has 0 saturated carbocycles. The van der Waals surface area contributed by atoms with Crippen LogP contribution in [-0.2, 0) is 20.6 Å². The number of para-hydroxylation sites is 1. The van der Waals surface area contributed by atoms with E-state index in [0.717, 1.165) is 17.3 Å². The number of benzene rings is 2. The molecular formula is C22H24N4O5S2. The molecular weight excluding hydrogens is 464 g/mol. The molecule has 11 heteroatoms. The van der Waals surface area contributed by atoms with Crippen LogP contribution in [-0.4, -0.2) is 72.8 Å². The number of hydrogen-bond acceptors (Lipinski definition) is 8. The van der Waals surface area contributed by atoms with E-state index in [1.54, 1.807) is 30.2 Å². The third-order valence-electron chi connectivity index (χ3n) is 5.24. The highest BCUT2D eigenvalue weighted by molar-refractivity contribution is 7.99. The molecule has 1 saturated heterocycles. The summed E-state index contributed by atoms with van der Waals surface area (Å²) in [5.41, 5.74) is 1.43. The number of hydrogen-bond donors (Lipinski definition) is 0. The van der Waals surface area contributed by atoms with Crippen LogP contribution in [0, 0.1) is 0 Å². The van der Waals surface area contributed by atoms with E-state index in [2.05, 4.69) is 10.2 Å². The lowest BCUT2D eigenvalue weighted by molar-refractivity contribution is -0.129. The molecule has 0 atom stereocenters. The number of aromatic nitrogens is 2. The first-order valence-corrected chi connectivity index (χ1v) is 12.9. The van der Waals surface area contributed by atoms with Crippen LogP contribution in [0.25, 0.3) is 11.5 Å². The summed E-state index contributed by atoms with van der Waals surface area (Å²) in [4.78, 5) is 14.3. The lowest BCUT2D eigenvalue weighted by atomic mass is 10.2. The Bertz CT molecular complexity index is 1190. The number of nitrogens with zero attached hydrogens (tertiary/aromatic N) is 4. The maximum absolute atomic E-state index is 12.7. The smallest absolute Gasteiger partial charge is 0.277 e. The lowest BCUT2D eigenvalue weighted by Gasteiger charge is -2.34. The Kier molecular flexibility index (Phi) is 7.31. The Morgan fingerprint density at radius 2 is 1.73 bits per heavy atom. The summed E-state index contributed by atoms with van der Waals surface area (Å²) in [7, 11) is -1.86. The van der Waals surface area contributed by atoms with Gasteiger partial charge in [-0.3, -0.25) is 4.79 Å². The van der Waals surface area contributed by atoms with E-state index in [1.165, 1.54) is 4.31 Å². The van der Waals surface area contributed by atoms with Crippen molar-refractivity contribution in [1.29, 1.82) is 0 Å². The van der Waals surface area contributed by atoms with Gasteiger partial charge < -0.3 is 14.1 Å². The molecule has 0 spiro atoms. The van der Waals surface area contributed by atoms with Gasteiger partial charge in [-0.05, 0) is 17.7 Å². The third kappa shape index (κ3) is 5.73. The summed E-state index contributed by atoms with van der Waals surface area (Å²) in [5, 5.41) is 8.33. The van der Waals surface area contributed by atoms with Crippen molar-refractivity contribution in [3.8, 4) is 17.2 Å². The predicted octanol–water partition coefficient (Wildman–Crippen LogP) is 2.51. The molecule has 0 bridgehead atoms. The topological polar surface area (TPSA) is 106 Å². The molecule has 33 heavy (non-hydrogen) atoms. The molecule has 4 rings (SSSR count). The SMILES string of the molecule is COc1ccccc1-c1nnc(SCC(=O)N2CCN(S(=O)(=O)Cc3ccccc3)CC2)o1. The van der Waals surface area contributed by atoms with Crippen LogP contribution in [0.3, 0.4) is 0 Å². The number of methoxy groups -OCH3 is 1. The van der Waals surface area contributed by atoms with Crippen molar-refractivity contribution >= 4 is 27.7 Å². The van der Waals surface area contributed by atoms with Crippen molar-refractivity contribution in [3.63, 3.8) is 0 Å². The van der Waals surface area contributed by atoms with Crippen molar-refractivity contribution in [1.82, 2.24) is 19.4 Å². The number of carbonyl (C=O) groups excluding carboxylic acids is 1. The molecule has 1 aliphatic heterocycles. The Morgan fingerprint density at radius 3 is 2.45 bits per heavy atom. The largest absolute Gasteiger partial charge is 0.496 e. The highest BCUT2D eigenvalue weighted by Crippen LogP contribution is 2.30. The molecule has 2 heterocycles. The van der Waals surface area contributed by atoms with Crippen molar-refractivity contribution in [2.75, 3.05) is 39.0 Å². The normalized spacial score (nSPS) is 14.9. The van der Waals surface area contributed by atoms with Crippen LogP contribution in [0.15, 0.2) is 64.2 Å². The zero-order valence-corrected chi connectivity index (χ0v) is 19.7. The van der Waals surface area contributed by atoms with Gasteiger partial charge in [0, 0.05) is 26.2 Å². The monoisotopic (exact) mass is 488 g/mol. The van der Waals surface area contributed by atoms with Gasteiger partial charge in [-0.15, -0.1) is 10.2 Å². The van der Waals surface area contributed by atoms with Crippen LogP contribution in [0.5, 0.6) is 5.75 Å². The van der Waals surface area contributed by atoms with Gasteiger partial charge in [0.05, 0.1) is 24.2 Å². The van der Waals surface area contributed by atoms with Crippen LogP contribution in [0.2, 0.25) is 0 Å². The van der Waals surface area contributed by atoms with E-state index in [9.17, 15) is 13.2 Å². The summed E-state index contributed by atoms with van der Waals surface area (Å²) < 4.78 is 37.8. The van der Waals surface area contributed by atoms with Crippen LogP contribution >= 0.6 is 11.8 Å². The Labute approximate surface area is 196 Å². The second-order valence-electron chi connectivity index (χ2n) is 7.38. The Balaban J connectivity index is 1.28. The minimum atomic E-state index is -3.42. The average molecular weight is 489 g/mol. The van der Waals surface area contributed by atoms with Gasteiger partial charge in [-0.25, -0.2) is 8.42 Å². The minimum Gasteiger partial charge on any atom is -0.496 e. The van der Waals surface area contributed by atoms with Gasteiger partial charge in [-0.2, -0.15) is 4.31 Å². The molecule has 174 valence electrons. The molecule has 9 nitrogen and oxygen atoms in total. The van der Waals surface area contributed by atoms with Crippen molar-refractivity contribution in [3.05, 3.63) is 60.2 Å². The van der Waals surface area contributed by atoms with Crippen molar-refractivity contribution in [2.45, 2.75) is 11.0 Å². The first-order valence-electron chi connectivity index (χ1n) is 10.4. The van der Waals surface area contributed by atoms with E-state index < -0.39 is 10.0 Å². The molecule has 0 radical (unpaired) electrons. The molecule has 0 N–H and O–H groups in total. The van der Waals surface area contributed by atoms with Crippen LogP contribution in [0.4, 0.5) is 0 Å². The van der Waals surface area contributed by atoms with E-state index in [-0.39, 0.29) is 35.7 Å². The molecule has 1 amide bonds. The average Bonchev–Trinajstić information content (AvgIpc) is 3.32. The fraction of sp³-hybridized carbons (Fsp3) is 0.318. The maximum atomic E-state index is 12.7. The quantitative estimate of drug-likeness (QED) is 0.446. The molecule has 1 fully saturated rings. The third-order valence-corrected chi connectivity index (χ3v) is 7.89. The van der Waals surface area contributed by atoms with Gasteiger partial charge >= 0.3 is 0 Å². The molecule has 1 aliphatic rings. The molecule has 2 aromatic carbocycles. The standard InChI is InChI=1S/C22H24N4O5S2/c1-30-19-10-6-5-9-18(19)21-23-24-22(31-21)32-15-20(27)25-11-13-26(14-12-25)33(28,29)16-17-7-3-2-4-8-17/h2-10H,11-16H2,1H3. The zero-order valence-electron chi connectivity index (χ0n) is 18.1.